The van der Waals surface area contributed by atoms with Crippen LogP contribution in [-0.2, 0) is 20.9 Å². The predicted molar refractivity (Wildman–Crippen MR) is 75.9 cm³/mol. The highest BCUT2D eigenvalue weighted by Crippen LogP contribution is 2.19. The van der Waals surface area contributed by atoms with Crippen LogP contribution in [0.4, 0.5) is 4.79 Å². The lowest BCUT2D eigenvalue weighted by Gasteiger charge is -2.20. The van der Waals surface area contributed by atoms with Gasteiger partial charge in [0.2, 0.25) is 11.8 Å². The van der Waals surface area contributed by atoms with Crippen molar-refractivity contribution in [3.63, 3.8) is 0 Å². The van der Waals surface area contributed by atoms with Crippen LogP contribution in [0.3, 0.4) is 0 Å². The van der Waals surface area contributed by atoms with E-state index in [1.54, 1.807) is 25.3 Å². The molecule has 0 unspecified atom stereocenters. The lowest BCUT2D eigenvalue weighted by atomic mass is 10.1. The summed E-state index contributed by atoms with van der Waals surface area (Å²) in [5.41, 5.74) is 5.77. The van der Waals surface area contributed by atoms with Crippen molar-refractivity contribution < 1.29 is 23.9 Å². The molecule has 118 valence electrons. The average Bonchev–Trinajstić information content (AvgIpc) is 2.86. The van der Waals surface area contributed by atoms with E-state index in [1.165, 1.54) is 4.90 Å². The second kappa shape index (κ2) is 6.79. The molecule has 1 aromatic rings. The number of nitrogens with two attached hydrogens (primary N) is 1. The number of amides is 3. The maximum atomic E-state index is 12.0. The first-order valence-corrected chi connectivity index (χ1v) is 6.63. The largest absolute Gasteiger partial charge is 0.497 e. The molecule has 0 bridgehead atoms. The van der Waals surface area contributed by atoms with Crippen LogP contribution in [0.15, 0.2) is 24.3 Å². The van der Waals surface area contributed by atoms with Gasteiger partial charge in [-0.1, -0.05) is 12.1 Å². The molecule has 0 aliphatic carbocycles. The molecule has 3 amide bonds. The molecule has 1 aliphatic rings. The van der Waals surface area contributed by atoms with Crippen LogP contribution < -0.4 is 15.8 Å². The maximum absolute atomic E-state index is 12.0. The van der Waals surface area contributed by atoms with E-state index in [0.717, 1.165) is 5.56 Å². The summed E-state index contributed by atoms with van der Waals surface area (Å²) in [5.74, 6) is -0.481. The smallest absolute Gasteiger partial charge is 0.410 e. The van der Waals surface area contributed by atoms with Gasteiger partial charge >= 0.3 is 6.09 Å². The third kappa shape index (κ3) is 3.66. The van der Waals surface area contributed by atoms with Crippen LogP contribution in [0.5, 0.6) is 5.75 Å². The van der Waals surface area contributed by atoms with Crippen LogP contribution in [0, 0.1) is 0 Å². The summed E-state index contributed by atoms with van der Waals surface area (Å²) < 4.78 is 10.0. The van der Waals surface area contributed by atoms with Gasteiger partial charge in [-0.2, -0.15) is 0 Å². The van der Waals surface area contributed by atoms with Crippen molar-refractivity contribution in [2.75, 3.05) is 20.3 Å². The predicted octanol–water partition coefficient (Wildman–Crippen LogP) is -0.382. The van der Waals surface area contributed by atoms with Crippen molar-refractivity contribution in [1.82, 2.24) is 10.2 Å². The second-order valence-corrected chi connectivity index (χ2v) is 4.76. The molecular weight excluding hydrogens is 290 g/mol. The molecule has 22 heavy (non-hydrogen) atoms. The Morgan fingerprint density at radius 1 is 1.50 bits per heavy atom. The van der Waals surface area contributed by atoms with Gasteiger partial charge in [0.15, 0.2) is 0 Å². The summed E-state index contributed by atoms with van der Waals surface area (Å²) >= 11 is 0. The van der Waals surface area contributed by atoms with Crippen molar-refractivity contribution in [3.05, 3.63) is 29.8 Å². The standard InChI is InChI=1S/C14H17N3O5/c1-21-10-4-2-3-9(5-10)7-17-11(8-22-14(17)20)13(19)16-6-12(15)18/h2-5,11H,6-8H2,1H3,(H2,15,18)(H,16,19)/t11-/m0/s1. The quantitative estimate of drug-likeness (QED) is 0.744. The van der Waals surface area contributed by atoms with E-state index in [0.29, 0.717) is 5.75 Å². The number of methoxy groups -OCH3 is 1. The number of nitrogens with zero attached hydrogens (tertiary/aromatic N) is 1. The number of carbonyl (C=O) groups is 3. The molecule has 0 spiro atoms. The summed E-state index contributed by atoms with van der Waals surface area (Å²) in [6.07, 6.45) is -0.581. The van der Waals surface area contributed by atoms with E-state index < -0.39 is 23.9 Å². The Balaban J connectivity index is 2.07. The fraction of sp³-hybridized carbons (Fsp3) is 0.357. The van der Waals surface area contributed by atoms with Gasteiger partial charge in [-0.05, 0) is 17.7 Å². The zero-order valence-corrected chi connectivity index (χ0v) is 12.1. The van der Waals surface area contributed by atoms with E-state index in [4.69, 9.17) is 15.2 Å². The van der Waals surface area contributed by atoms with E-state index >= 15 is 0 Å². The van der Waals surface area contributed by atoms with Crippen LogP contribution in [0.25, 0.3) is 0 Å². The molecule has 1 heterocycles. The molecule has 8 heteroatoms. The number of cyclic esters (lactones) is 1. The number of hydrogen-bond donors (Lipinski definition) is 2. The molecule has 1 aliphatic heterocycles. The lowest BCUT2D eigenvalue weighted by molar-refractivity contribution is -0.127. The summed E-state index contributed by atoms with van der Waals surface area (Å²) in [7, 11) is 1.54. The topological polar surface area (TPSA) is 111 Å². The number of ether oxygens (including phenoxy) is 2. The number of carbonyl (C=O) groups excluding carboxylic acids is 3. The Morgan fingerprint density at radius 3 is 2.95 bits per heavy atom. The zero-order chi connectivity index (χ0) is 16.1. The minimum absolute atomic E-state index is 0.0621. The fourth-order valence-corrected chi connectivity index (χ4v) is 2.10. The van der Waals surface area contributed by atoms with Gasteiger partial charge in [0.05, 0.1) is 20.2 Å². The van der Waals surface area contributed by atoms with Crippen LogP contribution >= 0.6 is 0 Å². The molecule has 3 N–H and O–H groups in total. The first-order valence-electron chi connectivity index (χ1n) is 6.63. The number of rotatable bonds is 6. The Labute approximate surface area is 127 Å². The maximum Gasteiger partial charge on any atom is 0.410 e. The molecule has 2 rings (SSSR count). The van der Waals surface area contributed by atoms with E-state index in [2.05, 4.69) is 5.32 Å². The number of benzene rings is 1. The minimum Gasteiger partial charge on any atom is -0.497 e. The lowest BCUT2D eigenvalue weighted by Crippen LogP contribution is -2.47. The molecular formula is C14H17N3O5. The summed E-state index contributed by atoms with van der Waals surface area (Å²) in [5, 5.41) is 2.37. The molecule has 0 radical (unpaired) electrons. The Hall–Kier alpha value is -2.77. The number of nitrogens with one attached hydrogen (secondary N) is 1. The normalized spacial score (nSPS) is 17.0. The number of hydrogen-bond acceptors (Lipinski definition) is 5. The number of primary amides is 1. The summed E-state index contributed by atoms with van der Waals surface area (Å²) in [6, 6.07) is 6.36. The van der Waals surface area contributed by atoms with E-state index in [9.17, 15) is 14.4 Å². The Morgan fingerprint density at radius 2 is 2.27 bits per heavy atom. The van der Waals surface area contributed by atoms with Gasteiger partial charge < -0.3 is 20.5 Å². The molecule has 0 saturated carbocycles. The highest BCUT2D eigenvalue weighted by Gasteiger charge is 2.38. The van der Waals surface area contributed by atoms with Gasteiger partial charge in [0.1, 0.15) is 18.4 Å². The van der Waals surface area contributed by atoms with Crippen LogP contribution in [0.1, 0.15) is 5.56 Å². The Bertz CT molecular complexity index is 590. The average molecular weight is 307 g/mol. The highest BCUT2D eigenvalue weighted by molar-refractivity contribution is 5.90. The van der Waals surface area contributed by atoms with Gasteiger partial charge in [-0.3, -0.25) is 14.5 Å². The molecule has 8 nitrogen and oxygen atoms in total. The zero-order valence-electron chi connectivity index (χ0n) is 12.1. The van der Waals surface area contributed by atoms with Gasteiger partial charge in [0, 0.05) is 0 Å². The second-order valence-electron chi connectivity index (χ2n) is 4.76. The summed E-state index contributed by atoms with van der Waals surface area (Å²) in [6.45, 7) is -0.144. The third-order valence-electron chi connectivity index (χ3n) is 3.20. The molecule has 1 fully saturated rings. The fourth-order valence-electron chi connectivity index (χ4n) is 2.10. The van der Waals surface area contributed by atoms with Crippen molar-refractivity contribution in [2.24, 2.45) is 5.73 Å². The van der Waals surface area contributed by atoms with Gasteiger partial charge in [0.25, 0.3) is 0 Å². The van der Waals surface area contributed by atoms with Crippen molar-refractivity contribution >= 4 is 17.9 Å². The highest BCUT2D eigenvalue weighted by atomic mass is 16.6. The van der Waals surface area contributed by atoms with Crippen LogP contribution in [0.2, 0.25) is 0 Å². The molecule has 1 atom stereocenters. The van der Waals surface area contributed by atoms with Crippen LogP contribution in [-0.4, -0.2) is 49.1 Å². The third-order valence-corrected chi connectivity index (χ3v) is 3.20. The first kappa shape index (κ1) is 15.6. The molecule has 1 saturated heterocycles. The van der Waals surface area contributed by atoms with Crippen molar-refractivity contribution in [1.29, 1.82) is 0 Å². The minimum atomic E-state index is -0.793. The summed E-state index contributed by atoms with van der Waals surface area (Å²) in [4.78, 5) is 35.8. The molecule has 0 aromatic heterocycles. The van der Waals surface area contributed by atoms with E-state index in [-0.39, 0.29) is 19.7 Å². The SMILES string of the molecule is COc1cccc(CN2C(=O)OC[C@H]2C(=O)NCC(N)=O)c1. The van der Waals surface area contributed by atoms with E-state index in [1.807, 2.05) is 6.07 Å². The van der Waals surface area contributed by atoms with Crippen molar-refractivity contribution in [3.8, 4) is 5.75 Å². The van der Waals surface area contributed by atoms with Gasteiger partial charge in [-0.15, -0.1) is 0 Å². The first-order chi connectivity index (χ1) is 10.5. The monoisotopic (exact) mass is 307 g/mol. The van der Waals surface area contributed by atoms with Crippen molar-refractivity contribution in [2.45, 2.75) is 12.6 Å². The Kier molecular flexibility index (Phi) is 4.82. The molecule has 1 aromatic carbocycles. The van der Waals surface area contributed by atoms with Gasteiger partial charge in [-0.25, -0.2) is 4.79 Å².